The minimum Gasteiger partial charge on any atom is -0.381 e. The van der Waals surface area contributed by atoms with E-state index in [2.05, 4.69) is 25.8 Å². The molecule has 3 aliphatic rings. The van der Waals surface area contributed by atoms with Gasteiger partial charge in [-0.3, -0.25) is 14.7 Å². The van der Waals surface area contributed by atoms with E-state index in [0.717, 1.165) is 82.3 Å². The summed E-state index contributed by atoms with van der Waals surface area (Å²) in [6, 6.07) is 0.263. The Morgan fingerprint density at radius 3 is 2.62 bits per heavy atom. The van der Waals surface area contributed by atoms with E-state index in [1.807, 2.05) is 4.90 Å². The first kappa shape index (κ1) is 21.2. The summed E-state index contributed by atoms with van der Waals surface area (Å²) >= 11 is 0. The number of ether oxygens (including phenoxy) is 1. The SMILES string of the molecule is O=C(NCCC1CCN(C(=O)C2CC2)CC1)c1cnc2[nH]ncc2c1NC1CCOCC1. The Balaban J connectivity index is 1.17. The number of hydrogen-bond donors (Lipinski definition) is 3. The zero-order chi connectivity index (χ0) is 21.9. The normalized spacial score (nSPS) is 20.4. The molecule has 9 nitrogen and oxygen atoms in total. The van der Waals surface area contributed by atoms with Crippen molar-refractivity contribution >= 4 is 28.5 Å². The quantitative estimate of drug-likeness (QED) is 0.609. The van der Waals surface area contributed by atoms with E-state index in [0.29, 0.717) is 35.5 Å². The van der Waals surface area contributed by atoms with E-state index < -0.39 is 0 Å². The van der Waals surface area contributed by atoms with Crippen molar-refractivity contribution in [2.45, 2.75) is 51.0 Å². The second-order valence-electron chi connectivity index (χ2n) is 9.30. The summed E-state index contributed by atoms with van der Waals surface area (Å²) < 4.78 is 5.46. The number of aromatic amines is 1. The van der Waals surface area contributed by atoms with Gasteiger partial charge in [0, 0.05) is 51.0 Å². The van der Waals surface area contributed by atoms with Crippen molar-refractivity contribution in [3.8, 4) is 0 Å². The van der Waals surface area contributed by atoms with Gasteiger partial charge in [-0.15, -0.1) is 0 Å². The van der Waals surface area contributed by atoms with Gasteiger partial charge in [0.2, 0.25) is 5.91 Å². The molecule has 1 saturated carbocycles. The highest BCUT2D eigenvalue weighted by molar-refractivity contribution is 6.06. The summed E-state index contributed by atoms with van der Waals surface area (Å²) in [6.45, 7) is 3.79. The van der Waals surface area contributed by atoms with E-state index in [1.54, 1.807) is 12.4 Å². The molecule has 3 fully saturated rings. The summed E-state index contributed by atoms with van der Waals surface area (Å²) in [5.41, 5.74) is 2.01. The maximum atomic E-state index is 13.0. The molecule has 2 amide bonds. The molecule has 1 aliphatic carbocycles. The zero-order valence-corrected chi connectivity index (χ0v) is 18.4. The first-order valence-corrected chi connectivity index (χ1v) is 11.9. The van der Waals surface area contributed by atoms with Crippen LogP contribution < -0.4 is 10.6 Å². The predicted octanol–water partition coefficient (Wildman–Crippen LogP) is 2.32. The number of nitrogens with zero attached hydrogens (tertiary/aromatic N) is 3. The molecular formula is C23H32N6O3. The number of fused-ring (bicyclic) bond motifs is 1. The zero-order valence-electron chi connectivity index (χ0n) is 18.4. The van der Waals surface area contributed by atoms with E-state index in [-0.39, 0.29) is 11.9 Å². The summed E-state index contributed by atoms with van der Waals surface area (Å²) in [6.07, 6.45) is 10.3. The maximum Gasteiger partial charge on any atom is 0.254 e. The number of hydrogen-bond acceptors (Lipinski definition) is 6. The lowest BCUT2D eigenvalue weighted by Crippen LogP contribution is -2.40. The molecule has 0 bridgehead atoms. The van der Waals surface area contributed by atoms with Crippen LogP contribution in [0.1, 0.15) is 55.3 Å². The van der Waals surface area contributed by atoms with Gasteiger partial charge in [0.25, 0.3) is 5.91 Å². The van der Waals surface area contributed by atoms with Crippen LogP contribution in [0, 0.1) is 11.8 Å². The van der Waals surface area contributed by atoms with Crippen LogP contribution in [0.15, 0.2) is 12.4 Å². The van der Waals surface area contributed by atoms with Crippen molar-refractivity contribution in [1.82, 2.24) is 25.4 Å². The van der Waals surface area contributed by atoms with E-state index in [4.69, 9.17) is 4.74 Å². The molecular weight excluding hydrogens is 408 g/mol. The summed E-state index contributed by atoms with van der Waals surface area (Å²) in [7, 11) is 0. The standard InChI is InChI=1S/C23H32N6O3/c30-22(24-8-3-15-4-9-29(10-5-15)23(31)16-1-2-16)19-13-25-21-18(14-26-28-21)20(19)27-17-6-11-32-12-7-17/h13-17H,1-12H2,(H,24,30)(H2,25,26,27,28). The summed E-state index contributed by atoms with van der Waals surface area (Å²) in [4.78, 5) is 31.7. The maximum absolute atomic E-state index is 13.0. The number of anilines is 1. The first-order chi connectivity index (χ1) is 15.7. The predicted molar refractivity (Wildman–Crippen MR) is 120 cm³/mol. The van der Waals surface area contributed by atoms with Crippen molar-refractivity contribution in [2.24, 2.45) is 11.8 Å². The average molecular weight is 441 g/mol. The van der Waals surface area contributed by atoms with Crippen LogP contribution in [0.3, 0.4) is 0 Å². The van der Waals surface area contributed by atoms with Crippen molar-refractivity contribution < 1.29 is 14.3 Å². The largest absolute Gasteiger partial charge is 0.381 e. The summed E-state index contributed by atoms with van der Waals surface area (Å²) in [5.74, 6) is 1.09. The van der Waals surface area contributed by atoms with Gasteiger partial charge in [-0.1, -0.05) is 0 Å². The van der Waals surface area contributed by atoms with Crippen LogP contribution in [-0.2, 0) is 9.53 Å². The fourth-order valence-electron chi connectivity index (χ4n) is 4.79. The Morgan fingerprint density at radius 2 is 1.88 bits per heavy atom. The molecule has 32 heavy (non-hydrogen) atoms. The van der Waals surface area contributed by atoms with Gasteiger partial charge < -0.3 is 20.3 Å². The Hall–Kier alpha value is -2.68. The number of aromatic nitrogens is 3. The number of carbonyl (C=O) groups excluding carboxylic acids is 2. The van der Waals surface area contributed by atoms with Crippen LogP contribution >= 0.6 is 0 Å². The highest BCUT2D eigenvalue weighted by Crippen LogP contribution is 2.33. The van der Waals surface area contributed by atoms with Gasteiger partial charge in [0.1, 0.15) is 0 Å². The van der Waals surface area contributed by atoms with Crippen LogP contribution in [0.25, 0.3) is 11.0 Å². The lowest BCUT2D eigenvalue weighted by molar-refractivity contribution is -0.133. The molecule has 172 valence electrons. The second kappa shape index (κ2) is 9.44. The summed E-state index contributed by atoms with van der Waals surface area (Å²) in [5, 5.41) is 14.5. The van der Waals surface area contributed by atoms with Gasteiger partial charge in [-0.2, -0.15) is 5.10 Å². The molecule has 0 radical (unpaired) electrons. The fraction of sp³-hybridized carbons (Fsp3) is 0.652. The molecule has 2 aromatic rings. The molecule has 0 spiro atoms. The third kappa shape index (κ3) is 4.72. The number of amides is 2. The molecule has 9 heteroatoms. The highest BCUT2D eigenvalue weighted by Gasteiger charge is 2.34. The van der Waals surface area contributed by atoms with Crippen LogP contribution in [0.4, 0.5) is 5.69 Å². The topological polar surface area (TPSA) is 112 Å². The Kier molecular flexibility index (Phi) is 6.25. The third-order valence-electron chi connectivity index (χ3n) is 6.99. The lowest BCUT2D eigenvalue weighted by atomic mass is 9.93. The molecule has 2 aromatic heterocycles. The molecule has 2 aliphatic heterocycles. The lowest BCUT2D eigenvalue weighted by Gasteiger charge is -2.32. The molecule has 3 N–H and O–H groups in total. The molecule has 0 aromatic carbocycles. The van der Waals surface area contributed by atoms with Crippen molar-refractivity contribution in [2.75, 3.05) is 38.2 Å². The third-order valence-corrected chi connectivity index (χ3v) is 6.99. The van der Waals surface area contributed by atoms with Crippen LogP contribution in [0.5, 0.6) is 0 Å². The molecule has 5 rings (SSSR count). The smallest absolute Gasteiger partial charge is 0.254 e. The van der Waals surface area contributed by atoms with Crippen LogP contribution in [-0.4, -0.2) is 70.8 Å². The van der Waals surface area contributed by atoms with Crippen LogP contribution in [0.2, 0.25) is 0 Å². The van der Waals surface area contributed by atoms with Gasteiger partial charge in [0.15, 0.2) is 5.65 Å². The van der Waals surface area contributed by atoms with Crippen molar-refractivity contribution in [3.05, 3.63) is 18.0 Å². The van der Waals surface area contributed by atoms with Gasteiger partial charge in [0.05, 0.1) is 22.8 Å². The van der Waals surface area contributed by atoms with Gasteiger partial charge >= 0.3 is 0 Å². The first-order valence-electron chi connectivity index (χ1n) is 11.9. The van der Waals surface area contributed by atoms with E-state index in [1.165, 1.54) is 0 Å². The Labute approximate surface area is 187 Å². The van der Waals surface area contributed by atoms with Gasteiger partial charge in [-0.25, -0.2) is 4.98 Å². The monoisotopic (exact) mass is 440 g/mol. The fourth-order valence-corrected chi connectivity index (χ4v) is 4.79. The highest BCUT2D eigenvalue weighted by atomic mass is 16.5. The molecule has 0 unspecified atom stereocenters. The Bertz CT molecular complexity index is 958. The van der Waals surface area contributed by atoms with Crippen molar-refractivity contribution in [1.29, 1.82) is 0 Å². The van der Waals surface area contributed by atoms with Gasteiger partial charge in [-0.05, 0) is 50.9 Å². The molecule has 2 saturated heterocycles. The van der Waals surface area contributed by atoms with E-state index in [9.17, 15) is 9.59 Å². The number of rotatable bonds is 7. The number of nitrogens with one attached hydrogen (secondary N) is 3. The number of pyridine rings is 1. The number of H-pyrrole nitrogens is 1. The average Bonchev–Trinajstić information content (AvgIpc) is 3.56. The Morgan fingerprint density at radius 1 is 1.09 bits per heavy atom. The number of likely N-dealkylation sites (tertiary alicyclic amines) is 1. The minimum absolute atomic E-state index is 0.114. The van der Waals surface area contributed by atoms with Crippen molar-refractivity contribution in [3.63, 3.8) is 0 Å². The van der Waals surface area contributed by atoms with E-state index >= 15 is 0 Å². The molecule has 0 atom stereocenters. The minimum atomic E-state index is -0.114. The number of piperidine rings is 1. The number of carbonyl (C=O) groups is 2. The second-order valence-corrected chi connectivity index (χ2v) is 9.30. The molecule has 4 heterocycles.